The quantitative estimate of drug-likeness (QED) is 0.432. The number of nitrogens with zero attached hydrogens (tertiary/aromatic N) is 6. The van der Waals surface area contributed by atoms with E-state index in [0.29, 0.717) is 11.6 Å². The van der Waals surface area contributed by atoms with Crippen molar-refractivity contribution in [3.63, 3.8) is 0 Å². The molecule has 0 bridgehead atoms. The molecule has 0 amide bonds. The van der Waals surface area contributed by atoms with Gasteiger partial charge in [0.2, 0.25) is 0 Å². The summed E-state index contributed by atoms with van der Waals surface area (Å²) < 4.78 is 4.38. The topological polar surface area (TPSA) is 52.5 Å². The highest BCUT2D eigenvalue weighted by molar-refractivity contribution is 6.01. The van der Waals surface area contributed by atoms with Crippen LogP contribution in [0.15, 0.2) is 36.7 Å². The average molecular weight is 455 g/mol. The molecule has 3 aromatic heterocycles. The molecular weight excluding hydrogens is 420 g/mol. The van der Waals surface area contributed by atoms with Gasteiger partial charge in [-0.3, -0.25) is 4.40 Å². The molecule has 1 aromatic carbocycles. The van der Waals surface area contributed by atoms with E-state index in [1.165, 1.54) is 16.5 Å². The van der Waals surface area contributed by atoms with Gasteiger partial charge in [0.25, 0.3) is 0 Å². The number of rotatable bonds is 3. The zero-order valence-corrected chi connectivity index (χ0v) is 21.3. The third-order valence-corrected chi connectivity index (χ3v) is 7.37. The number of anilines is 1. The summed E-state index contributed by atoms with van der Waals surface area (Å²) in [5, 5.41) is 11.5. The fourth-order valence-electron chi connectivity index (χ4n) is 5.32. The number of fused-ring (bicyclic) bond motifs is 2. The Morgan fingerprint density at radius 1 is 1.15 bits per heavy atom. The van der Waals surface area contributed by atoms with E-state index in [1.807, 2.05) is 0 Å². The number of likely N-dealkylation sites (N-methyl/N-ethyl adjacent to an activating group) is 1. The van der Waals surface area contributed by atoms with Crippen molar-refractivity contribution in [2.75, 3.05) is 32.1 Å². The van der Waals surface area contributed by atoms with Gasteiger partial charge in [-0.15, -0.1) is 0 Å². The summed E-state index contributed by atoms with van der Waals surface area (Å²) in [6, 6.07) is 11.5. The van der Waals surface area contributed by atoms with Crippen molar-refractivity contribution in [2.24, 2.45) is 7.05 Å². The highest BCUT2D eigenvalue weighted by Gasteiger charge is 2.32. The van der Waals surface area contributed by atoms with Gasteiger partial charge in [0, 0.05) is 66.0 Å². The Kier molecular flexibility index (Phi) is 5.22. The van der Waals surface area contributed by atoms with Gasteiger partial charge in [0.15, 0.2) is 5.65 Å². The second-order valence-corrected chi connectivity index (χ2v) is 10.9. The van der Waals surface area contributed by atoms with Gasteiger partial charge >= 0.3 is 0 Å². The van der Waals surface area contributed by atoms with Crippen LogP contribution in [0.1, 0.15) is 44.0 Å². The number of benzene rings is 1. The largest absolute Gasteiger partial charge is 0.356 e. The SMILES string of the molecule is Cc1c(-c2cn(C)c3ccccc23)c(N2CC[C@H](N(C)C)C2)n2cc(C(C)(C)C)nc2c1C#N. The van der Waals surface area contributed by atoms with Crippen molar-refractivity contribution in [3.8, 4) is 17.2 Å². The summed E-state index contributed by atoms with van der Waals surface area (Å²) in [5.41, 5.74) is 6.81. The van der Waals surface area contributed by atoms with Crippen LogP contribution in [0.4, 0.5) is 5.82 Å². The summed E-state index contributed by atoms with van der Waals surface area (Å²) in [5.74, 6) is 1.15. The number of aryl methyl sites for hydroxylation is 1. The summed E-state index contributed by atoms with van der Waals surface area (Å²) in [7, 11) is 6.42. The molecule has 176 valence electrons. The first kappa shape index (κ1) is 22.5. The van der Waals surface area contributed by atoms with Crippen LogP contribution in [-0.2, 0) is 12.5 Å². The third kappa shape index (κ3) is 3.38. The number of aromatic nitrogens is 3. The van der Waals surface area contributed by atoms with Crippen LogP contribution in [0, 0.1) is 18.3 Å². The first-order chi connectivity index (χ1) is 16.1. The number of pyridine rings is 1. The summed E-state index contributed by atoms with van der Waals surface area (Å²) in [4.78, 5) is 9.82. The van der Waals surface area contributed by atoms with Crippen molar-refractivity contribution in [1.29, 1.82) is 5.26 Å². The highest BCUT2D eigenvalue weighted by atomic mass is 15.3. The zero-order chi connectivity index (χ0) is 24.4. The number of hydrogen-bond acceptors (Lipinski definition) is 4. The van der Waals surface area contributed by atoms with Crippen molar-refractivity contribution in [1.82, 2.24) is 18.9 Å². The molecule has 0 unspecified atom stereocenters. The predicted octanol–water partition coefficient (Wildman–Crippen LogP) is 5.11. The van der Waals surface area contributed by atoms with E-state index >= 15 is 0 Å². The standard InChI is InChI=1S/C28H34N6/c1-18-21(14-29)26-30-24(28(2,3)4)17-34(26)27(33-13-12-19(15-33)31(5)6)25(18)22-16-32(7)23-11-9-8-10-20(22)23/h8-11,16-17,19H,12-13,15H2,1-7H3/t19-/m0/s1. The summed E-state index contributed by atoms with van der Waals surface area (Å²) in [6.07, 6.45) is 5.48. The molecule has 6 heteroatoms. The fourth-order valence-corrected chi connectivity index (χ4v) is 5.32. The van der Waals surface area contributed by atoms with E-state index in [2.05, 4.69) is 110 Å². The molecule has 0 N–H and O–H groups in total. The minimum atomic E-state index is -0.110. The molecule has 0 spiro atoms. The van der Waals surface area contributed by atoms with Crippen molar-refractivity contribution in [3.05, 3.63) is 53.5 Å². The monoisotopic (exact) mass is 454 g/mol. The maximum atomic E-state index is 10.3. The Balaban J connectivity index is 1.89. The number of hydrogen-bond donors (Lipinski definition) is 0. The molecule has 1 fully saturated rings. The van der Waals surface area contributed by atoms with Crippen LogP contribution in [0.5, 0.6) is 0 Å². The molecule has 1 aliphatic heterocycles. The minimum Gasteiger partial charge on any atom is -0.356 e. The molecule has 34 heavy (non-hydrogen) atoms. The maximum absolute atomic E-state index is 10.3. The number of imidazole rings is 1. The lowest BCUT2D eigenvalue weighted by molar-refractivity contribution is 0.315. The van der Waals surface area contributed by atoms with E-state index in [9.17, 15) is 5.26 Å². The Morgan fingerprint density at radius 2 is 1.88 bits per heavy atom. The molecule has 1 aliphatic rings. The maximum Gasteiger partial charge on any atom is 0.156 e. The van der Waals surface area contributed by atoms with Gasteiger partial charge in [-0.25, -0.2) is 4.98 Å². The van der Waals surface area contributed by atoms with Crippen LogP contribution < -0.4 is 4.90 Å². The minimum absolute atomic E-state index is 0.110. The van der Waals surface area contributed by atoms with E-state index in [1.54, 1.807) is 0 Å². The van der Waals surface area contributed by atoms with Crippen LogP contribution in [0.2, 0.25) is 0 Å². The molecule has 0 aliphatic carbocycles. The first-order valence-corrected chi connectivity index (χ1v) is 12.0. The van der Waals surface area contributed by atoms with Crippen LogP contribution >= 0.6 is 0 Å². The molecule has 5 rings (SSSR count). The molecule has 0 saturated carbocycles. The van der Waals surface area contributed by atoms with Crippen molar-refractivity contribution in [2.45, 2.75) is 45.6 Å². The average Bonchev–Trinajstić information content (AvgIpc) is 3.51. The molecule has 1 saturated heterocycles. The smallest absolute Gasteiger partial charge is 0.156 e. The van der Waals surface area contributed by atoms with Crippen molar-refractivity contribution < 1.29 is 0 Å². The van der Waals surface area contributed by atoms with Gasteiger partial charge in [0.1, 0.15) is 11.9 Å². The summed E-state index contributed by atoms with van der Waals surface area (Å²) >= 11 is 0. The first-order valence-electron chi connectivity index (χ1n) is 12.0. The van der Waals surface area contributed by atoms with Crippen molar-refractivity contribution >= 4 is 22.4 Å². The second kappa shape index (κ2) is 7.89. The lowest BCUT2D eigenvalue weighted by atomic mass is 9.93. The lowest BCUT2D eigenvalue weighted by Crippen LogP contribution is -2.32. The van der Waals surface area contributed by atoms with E-state index < -0.39 is 0 Å². The lowest BCUT2D eigenvalue weighted by Gasteiger charge is -2.26. The molecule has 1 atom stereocenters. The third-order valence-electron chi connectivity index (χ3n) is 7.37. The molecular formula is C28H34N6. The van der Waals surface area contributed by atoms with Gasteiger partial charge < -0.3 is 14.4 Å². The van der Waals surface area contributed by atoms with Gasteiger partial charge in [0.05, 0.1) is 11.3 Å². The Bertz CT molecular complexity index is 1440. The van der Waals surface area contributed by atoms with Gasteiger partial charge in [-0.1, -0.05) is 39.0 Å². The fraction of sp³-hybridized carbons (Fsp3) is 0.429. The van der Waals surface area contributed by atoms with Crippen LogP contribution in [-0.4, -0.2) is 52.1 Å². The van der Waals surface area contributed by atoms with E-state index in [-0.39, 0.29) is 5.41 Å². The van der Waals surface area contributed by atoms with Crippen LogP contribution in [0.3, 0.4) is 0 Å². The highest BCUT2D eigenvalue weighted by Crippen LogP contribution is 2.43. The zero-order valence-electron chi connectivity index (χ0n) is 21.3. The Hall–Kier alpha value is -3.30. The summed E-state index contributed by atoms with van der Waals surface area (Å²) in [6.45, 7) is 10.5. The number of para-hydroxylation sites is 1. The predicted molar refractivity (Wildman–Crippen MR) is 140 cm³/mol. The molecule has 6 nitrogen and oxygen atoms in total. The Labute approximate surface area is 202 Å². The number of nitriles is 1. The van der Waals surface area contributed by atoms with Gasteiger partial charge in [-0.05, 0) is 39.1 Å². The van der Waals surface area contributed by atoms with Gasteiger partial charge in [-0.2, -0.15) is 5.26 Å². The molecule has 4 aromatic rings. The van der Waals surface area contributed by atoms with E-state index in [0.717, 1.165) is 47.8 Å². The molecule has 4 heterocycles. The van der Waals surface area contributed by atoms with E-state index in [4.69, 9.17) is 4.98 Å². The molecule has 0 radical (unpaired) electrons. The second-order valence-electron chi connectivity index (χ2n) is 10.9. The van der Waals surface area contributed by atoms with Crippen LogP contribution in [0.25, 0.3) is 27.7 Å². The Morgan fingerprint density at radius 3 is 2.53 bits per heavy atom. The normalized spacial score (nSPS) is 16.8.